The van der Waals surface area contributed by atoms with Gasteiger partial charge in [-0.1, -0.05) is 6.92 Å². The van der Waals surface area contributed by atoms with Crippen LogP contribution in [0.4, 0.5) is 0 Å². The lowest BCUT2D eigenvalue weighted by molar-refractivity contribution is -0.179. The van der Waals surface area contributed by atoms with Crippen molar-refractivity contribution in [2.24, 2.45) is 11.8 Å². The van der Waals surface area contributed by atoms with Crippen LogP contribution in [0.3, 0.4) is 0 Å². The molecule has 3 rings (SSSR count). The summed E-state index contributed by atoms with van der Waals surface area (Å²) < 4.78 is 11.5. The standard InChI is InChI=1S/C13H23NO2/c1-10-8-11(10)9-14-12-2-4-13(5-3-12)15-6-7-16-13/h10-12,14H,2-9H2,1H3. The number of hydrogen-bond acceptors (Lipinski definition) is 3. The lowest BCUT2D eigenvalue weighted by atomic mass is 9.90. The van der Waals surface area contributed by atoms with Crippen LogP contribution >= 0.6 is 0 Å². The van der Waals surface area contributed by atoms with E-state index in [-0.39, 0.29) is 5.79 Å². The second kappa shape index (κ2) is 4.28. The van der Waals surface area contributed by atoms with Gasteiger partial charge in [-0.3, -0.25) is 0 Å². The third kappa shape index (κ3) is 2.27. The van der Waals surface area contributed by atoms with Crippen molar-refractivity contribution >= 4 is 0 Å². The Morgan fingerprint density at radius 1 is 1.19 bits per heavy atom. The summed E-state index contributed by atoms with van der Waals surface area (Å²) in [6.07, 6.45) is 5.99. The summed E-state index contributed by atoms with van der Waals surface area (Å²) in [6, 6.07) is 0.700. The first kappa shape index (κ1) is 11.0. The van der Waals surface area contributed by atoms with Gasteiger partial charge in [0.05, 0.1) is 13.2 Å². The first-order valence-electron chi connectivity index (χ1n) is 6.79. The Bertz CT molecular complexity index is 240. The minimum Gasteiger partial charge on any atom is -0.348 e. The van der Waals surface area contributed by atoms with Crippen LogP contribution in [-0.4, -0.2) is 31.6 Å². The van der Waals surface area contributed by atoms with Gasteiger partial charge in [0.15, 0.2) is 5.79 Å². The smallest absolute Gasteiger partial charge is 0.168 e. The van der Waals surface area contributed by atoms with Crippen LogP contribution in [0.15, 0.2) is 0 Å². The maximum Gasteiger partial charge on any atom is 0.168 e. The van der Waals surface area contributed by atoms with Crippen LogP contribution in [0.2, 0.25) is 0 Å². The van der Waals surface area contributed by atoms with Crippen LogP contribution in [0, 0.1) is 11.8 Å². The minimum absolute atomic E-state index is 0.189. The Hall–Kier alpha value is -0.120. The zero-order valence-electron chi connectivity index (χ0n) is 10.2. The number of nitrogens with one attached hydrogen (secondary N) is 1. The van der Waals surface area contributed by atoms with Crippen LogP contribution in [0.25, 0.3) is 0 Å². The Morgan fingerprint density at radius 3 is 2.38 bits per heavy atom. The molecule has 0 amide bonds. The fraction of sp³-hybridized carbons (Fsp3) is 1.00. The van der Waals surface area contributed by atoms with E-state index < -0.39 is 0 Å². The normalized spacial score (nSPS) is 38.1. The van der Waals surface area contributed by atoms with Crippen molar-refractivity contribution in [1.82, 2.24) is 5.32 Å². The molecular weight excluding hydrogens is 202 g/mol. The molecule has 1 heterocycles. The van der Waals surface area contributed by atoms with Gasteiger partial charge in [0.2, 0.25) is 0 Å². The van der Waals surface area contributed by atoms with Gasteiger partial charge >= 0.3 is 0 Å². The highest BCUT2D eigenvalue weighted by molar-refractivity contribution is 4.89. The average Bonchev–Trinajstić information content (AvgIpc) is 2.82. The highest BCUT2D eigenvalue weighted by atomic mass is 16.7. The van der Waals surface area contributed by atoms with Gasteiger partial charge in [-0.15, -0.1) is 0 Å². The van der Waals surface area contributed by atoms with Gasteiger partial charge in [0.25, 0.3) is 0 Å². The Labute approximate surface area is 97.9 Å². The SMILES string of the molecule is CC1CC1CNC1CCC2(CC1)OCCO2. The van der Waals surface area contributed by atoms with Gasteiger partial charge < -0.3 is 14.8 Å². The quantitative estimate of drug-likeness (QED) is 0.796. The molecule has 2 atom stereocenters. The fourth-order valence-corrected chi connectivity index (χ4v) is 3.05. The third-order valence-corrected chi connectivity index (χ3v) is 4.51. The van der Waals surface area contributed by atoms with E-state index in [4.69, 9.17) is 9.47 Å². The molecule has 3 heteroatoms. The molecule has 16 heavy (non-hydrogen) atoms. The van der Waals surface area contributed by atoms with Crippen molar-refractivity contribution in [2.75, 3.05) is 19.8 Å². The molecule has 3 fully saturated rings. The Morgan fingerprint density at radius 2 is 1.81 bits per heavy atom. The molecule has 2 unspecified atom stereocenters. The molecular formula is C13H23NO2. The molecule has 2 aliphatic carbocycles. The van der Waals surface area contributed by atoms with E-state index >= 15 is 0 Å². The lowest BCUT2D eigenvalue weighted by Gasteiger charge is -2.35. The largest absolute Gasteiger partial charge is 0.348 e. The summed E-state index contributed by atoms with van der Waals surface area (Å²) in [5.41, 5.74) is 0. The van der Waals surface area contributed by atoms with E-state index in [1.807, 2.05) is 0 Å². The summed E-state index contributed by atoms with van der Waals surface area (Å²) >= 11 is 0. The van der Waals surface area contributed by atoms with E-state index in [0.29, 0.717) is 6.04 Å². The van der Waals surface area contributed by atoms with E-state index in [0.717, 1.165) is 37.9 Å². The van der Waals surface area contributed by atoms with Gasteiger partial charge in [-0.05, 0) is 37.6 Å². The zero-order valence-corrected chi connectivity index (χ0v) is 10.2. The number of hydrogen-bond donors (Lipinski definition) is 1. The third-order valence-electron chi connectivity index (χ3n) is 4.51. The highest BCUT2D eigenvalue weighted by Crippen LogP contribution is 2.38. The molecule has 1 saturated heterocycles. The van der Waals surface area contributed by atoms with Crippen LogP contribution in [0.1, 0.15) is 39.0 Å². The van der Waals surface area contributed by atoms with Crippen molar-refractivity contribution in [3.05, 3.63) is 0 Å². The first-order valence-corrected chi connectivity index (χ1v) is 6.79. The predicted molar refractivity (Wildman–Crippen MR) is 62.2 cm³/mol. The predicted octanol–water partition coefficient (Wildman–Crippen LogP) is 1.92. The maximum atomic E-state index is 5.73. The molecule has 2 saturated carbocycles. The fourth-order valence-electron chi connectivity index (χ4n) is 3.05. The van der Waals surface area contributed by atoms with E-state index in [1.54, 1.807) is 0 Å². The van der Waals surface area contributed by atoms with Crippen molar-refractivity contribution < 1.29 is 9.47 Å². The van der Waals surface area contributed by atoms with Gasteiger partial charge in [0.1, 0.15) is 0 Å². The minimum atomic E-state index is -0.189. The molecule has 3 aliphatic rings. The molecule has 0 aromatic heterocycles. The van der Waals surface area contributed by atoms with E-state index in [2.05, 4.69) is 12.2 Å². The summed E-state index contributed by atoms with van der Waals surface area (Å²) in [6.45, 7) is 5.15. The van der Waals surface area contributed by atoms with E-state index in [1.165, 1.54) is 25.8 Å². The molecule has 0 radical (unpaired) electrons. The molecule has 1 N–H and O–H groups in total. The maximum absolute atomic E-state index is 5.73. The zero-order chi connectivity index (χ0) is 11.0. The lowest BCUT2D eigenvalue weighted by Crippen LogP contribution is -2.42. The van der Waals surface area contributed by atoms with Crippen molar-refractivity contribution in [3.8, 4) is 0 Å². The van der Waals surface area contributed by atoms with Gasteiger partial charge in [0, 0.05) is 18.9 Å². The monoisotopic (exact) mass is 225 g/mol. The van der Waals surface area contributed by atoms with Gasteiger partial charge in [-0.2, -0.15) is 0 Å². The summed E-state index contributed by atoms with van der Waals surface area (Å²) in [5, 5.41) is 3.71. The number of rotatable bonds is 3. The second-order valence-electron chi connectivity index (χ2n) is 5.76. The van der Waals surface area contributed by atoms with Crippen LogP contribution < -0.4 is 5.32 Å². The molecule has 3 nitrogen and oxygen atoms in total. The highest BCUT2D eigenvalue weighted by Gasteiger charge is 2.40. The molecule has 0 aromatic rings. The number of ether oxygens (including phenoxy) is 2. The molecule has 1 spiro atoms. The van der Waals surface area contributed by atoms with Crippen molar-refractivity contribution in [2.45, 2.75) is 50.9 Å². The van der Waals surface area contributed by atoms with Crippen LogP contribution in [-0.2, 0) is 9.47 Å². The molecule has 92 valence electrons. The topological polar surface area (TPSA) is 30.5 Å². The van der Waals surface area contributed by atoms with E-state index in [9.17, 15) is 0 Å². The summed E-state index contributed by atoms with van der Waals surface area (Å²) in [4.78, 5) is 0. The first-order chi connectivity index (χ1) is 7.77. The van der Waals surface area contributed by atoms with Crippen molar-refractivity contribution in [3.63, 3.8) is 0 Å². The van der Waals surface area contributed by atoms with Gasteiger partial charge in [-0.25, -0.2) is 0 Å². The second-order valence-corrected chi connectivity index (χ2v) is 5.76. The Kier molecular flexibility index (Phi) is 2.94. The summed E-state index contributed by atoms with van der Waals surface area (Å²) in [7, 11) is 0. The van der Waals surface area contributed by atoms with Crippen LogP contribution in [0.5, 0.6) is 0 Å². The average molecular weight is 225 g/mol. The molecule has 0 bridgehead atoms. The molecule has 0 aromatic carbocycles. The molecule has 1 aliphatic heterocycles. The summed E-state index contributed by atoms with van der Waals surface area (Å²) in [5.74, 6) is 1.73. The Balaban J connectivity index is 1.40. The van der Waals surface area contributed by atoms with Crippen molar-refractivity contribution in [1.29, 1.82) is 0 Å².